The van der Waals surface area contributed by atoms with Crippen LogP contribution in [0.15, 0.2) is 29.2 Å². The highest BCUT2D eigenvalue weighted by Crippen LogP contribution is 2.32. The van der Waals surface area contributed by atoms with Crippen molar-refractivity contribution in [3.05, 3.63) is 29.8 Å². The Morgan fingerprint density at radius 2 is 1.92 bits per heavy atom. The number of hydrogen-bond donors (Lipinski definition) is 0. The summed E-state index contributed by atoms with van der Waals surface area (Å²) in [5.74, 6) is 1.32. The molecule has 0 N–H and O–H groups in total. The highest BCUT2D eigenvalue weighted by Gasteiger charge is 2.43. The predicted molar refractivity (Wildman–Crippen MR) is 101 cm³/mol. The maximum absolute atomic E-state index is 13.0. The summed E-state index contributed by atoms with van der Waals surface area (Å²) in [4.78, 5) is 14.7. The first-order valence-corrected chi connectivity index (χ1v) is 11.4. The number of benzene rings is 1. The molecule has 0 radical (unpaired) electrons. The molecule has 0 bridgehead atoms. The van der Waals surface area contributed by atoms with Gasteiger partial charge in [-0.25, -0.2) is 8.42 Å². The van der Waals surface area contributed by atoms with E-state index >= 15 is 0 Å². The van der Waals surface area contributed by atoms with Crippen molar-refractivity contribution in [3.63, 3.8) is 0 Å². The zero-order chi connectivity index (χ0) is 18.2. The molecular formula is C18H26N2O3S2. The molecule has 25 heavy (non-hydrogen) atoms. The highest BCUT2D eigenvalue weighted by atomic mass is 32.2. The van der Waals surface area contributed by atoms with Crippen molar-refractivity contribution in [2.75, 3.05) is 18.7 Å². The summed E-state index contributed by atoms with van der Waals surface area (Å²) in [6.45, 7) is 4.28. The van der Waals surface area contributed by atoms with Crippen molar-refractivity contribution in [1.29, 1.82) is 0 Å². The number of likely N-dealkylation sites (N-methyl/N-ethyl adjacent to an activating group) is 1. The molecule has 138 valence electrons. The van der Waals surface area contributed by atoms with E-state index in [1.165, 1.54) is 16.1 Å². The SMILES string of the molecule is CC(C)Cc1ccc(S(=O)(=O)N2CSCC2C(=O)N(C)C2CC2)cc1. The van der Waals surface area contributed by atoms with Crippen LogP contribution in [-0.4, -0.2) is 54.3 Å². The van der Waals surface area contributed by atoms with Gasteiger partial charge in [0, 0.05) is 18.8 Å². The molecule has 1 aliphatic carbocycles. The Labute approximate surface area is 154 Å². The quantitative estimate of drug-likeness (QED) is 0.759. The Morgan fingerprint density at radius 1 is 1.28 bits per heavy atom. The Morgan fingerprint density at radius 3 is 2.48 bits per heavy atom. The van der Waals surface area contributed by atoms with Crippen LogP contribution in [0.25, 0.3) is 0 Å². The standard InChI is InChI=1S/C18H26N2O3S2/c1-13(2)10-14-4-8-16(9-5-14)25(22,23)20-12-24-11-17(20)18(21)19(3)15-6-7-15/h4-5,8-9,13,15,17H,6-7,10-12H2,1-3H3. The molecule has 1 saturated heterocycles. The minimum absolute atomic E-state index is 0.0764. The lowest BCUT2D eigenvalue weighted by atomic mass is 10.0. The van der Waals surface area contributed by atoms with Crippen molar-refractivity contribution in [2.45, 2.75) is 50.1 Å². The van der Waals surface area contributed by atoms with Gasteiger partial charge in [-0.3, -0.25) is 4.79 Å². The third-order valence-electron chi connectivity index (χ3n) is 4.74. The van der Waals surface area contributed by atoms with Crippen molar-refractivity contribution >= 4 is 27.7 Å². The number of carbonyl (C=O) groups is 1. The van der Waals surface area contributed by atoms with Crippen molar-refractivity contribution in [2.24, 2.45) is 5.92 Å². The fraction of sp³-hybridized carbons (Fsp3) is 0.611. The zero-order valence-corrected chi connectivity index (χ0v) is 16.6. The summed E-state index contributed by atoms with van der Waals surface area (Å²) in [6.07, 6.45) is 2.96. The van der Waals surface area contributed by atoms with Gasteiger partial charge in [0.2, 0.25) is 15.9 Å². The summed E-state index contributed by atoms with van der Waals surface area (Å²) < 4.78 is 27.4. The van der Waals surface area contributed by atoms with E-state index < -0.39 is 16.1 Å². The Hall–Kier alpha value is -1.05. The fourth-order valence-electron chi connectivity index (χ4n) is 3.14. The number of hydrogen-bond acceptors (Lipinski definition) is 4. The fourth-order valence-corrected chi connectivity index (χ4v) is 6.27. The predicted octanol–water partition coefficient (Wildman–Crippen LogP) is 2.57. The summed E-state index contributed by atoms with van der Waals surface area (Å²) in [6, 6.07) is 6.80. The number of amides is 1. The van der Waals surface area contributed by atoms with Crippen molar-refractivity contribution < 1.29 is 13.2 Å². The third kappa shape index (κ3) is 4.04. The summed E-state index contributed by atoms with van der Waals surface area (Å²) in [5.41, 5.74) is 1.13. The molecule has 0 spiro atoms. The van der Waals surface area contributed by atoms with Crippen molar-refractivity contribution in [1.82, 2.24) is 9.21 Å². The molecule has 2 fully saturated rings. The maximum atomic E-state index is 13.0. The minimum Gasteiger partial charge on any atom is -0.341 e. The van der Waals surface area contributed by atoms with Gasteiger partial charge in [-0.1, -0.05) is 26.0 Å². The topological polar surface area (TPSA) is 57.7 Å². The molecule has 1 aliphatic heterocycles. The molecule has 1 saturated carbocycles. The second-order valence-electron chi connectivity index (χ2n) is 7.33. The zero-order valence-electron chi connectivity index (χ0n) is 15.0. The van der Waals surface area contributed by atoms with Crippen LogP contribution in [0.5, 0.6) is 0 Å². The van der Waals surface area contributed by atoms with Gasteiger partial charge in [-0.15, -0.1) is 11.8 Å². The Balaban J connectivity index is 1.79. The van der Waals surface area contributed by atoms with E-state index in [9.17, 15) is 13.2 Å². The molecule has 2 aliphatic rings. The van der Waals surface area contributed by atoms with E-state index in [-0.39, 0.29) is 16.8 Å². The molecule has 1 aromatic rings. The third-order valence-corrected chi connectivity index (χ3v) is 7.79. The smallest absolute Gasteiger partial charge is 0.244 e. The average Bonchev–Trinajstić information content (AvgIpc) is 3.29. The van der Waals surface area contributed by atoms with Gasteiger partial charge in [-0.2, -0.15) is 4.31 Å². The average molecular weight is 383 g/mol. The van der Waals surface area contributed by atoms with Crippen LogP contribution in [0.4, 0.5) is 0 Å². The molecule has 1 aromatic carbocycles. The number of nitrogens with zero attached hydrogens (tertiary/aromatic N) is 2. The Kier molecular flexibility index (Phi) is 5.46. The van der Waals surface area contributed by atoms with Gasteiger partial charge < -0.3 is 4.90 Å². The molecule has 0 aromatic heterocycles. The highest BCUT2D eigenvalue weighted by molar-refractivity contribution is 8.00. The second kappa shape index (κ2) is 7.29. The largest absolute Gasteiger partial charge is 0.341 e. The molecular weight excluding hydrogens is 356 g/mol. The van der Waals surface area contributed by atoms with Crippen LogP contribution >= 0.6 is 11.8 Å². The first-order chi connectivity index (χ1) is 11.8. The number of thioether (sulfide) groups is 1. The van der Waals surface area contributed by atoms with Gasteiger partial charge in [-0.05, 0) is 42.9 Å². The van der Waals surface area contributed by atoms with Gasteiger partial charge in [0.1, 0.15) is 6.04 Å². The van der Waals surface area contributed by atoms with E-state index in [4.69, 9.17) is 0 Å². The molecule has 1 atom stereocenters. The van der Waals surface area contributed by atoms with Crippen molar-refractivity contribution in [3.8, 4) is 0 Å². The van der Waals surface area contributed by atoms with Gasteiger partial charge in [0.15, 0.2) is 0 Å². The first-order valence-electron chi connectivity index (χ1n) is 8.76. The summed E-state index contributed by atoms with van der Waals surface area (Å²) >= 11 is 1.50. The minimum atomic E-state index is -3.65. The second-order valence-corrected chi connectivity index (χ2v) is 10.2. The van der Waals surface area contributed by atoms with E-state index in [1.54, 1.807) is 24.1 Å². The molecule has 1 unspecified atom stereocenters. The lowest BCUT2D eigenvalue weighted by Crippen LogP contribution is -2.48. The molecule has 1 amide bonds. The molecule has 7 heteroatoms. The lowest BCUT2D eigenvalue weighted by Gasteiger charge is -2.26. The van der Waals surface area contributed by atoms with E-state index in [1.807, 2.05) is 12.1 Å². The van der Waals surface area contributed by atoms with Crippen LogP contribution in [0.2, 0.25) is 0 Å². The van der Waals surface area contributed by atoms with E-state index in [2.05, 4.69) is 13.8 Å². The summed E-state index contributed by atoms with van der Waals surface area (Å²) in [5, 5.41) is 0. The van der Waals surface area contributed by atoms with E-state index in [0.29, 0.717) is 17.5 Å². The van der Waals surface area contributed by atoms with Crippen LogP contribution < -0.4 is 0 Å². The van der Waals surface area contributed by atoms with Crippen LogP contribution in [0.3, 0.4) is 0 Å². The normalized spacial score (nSPS) is 21.7. The van der Waals surface area contributed by atoms with Gasteiger partial charge in [0.05, 0.1) is 10.8 Å². The molecule has 1 heterocycles. The van der Waals surface area contributed by atoms with E-state index in [0.717, 1.165) is 24.8 Å². The van der Waals surface area contributed by atoms with Crippen LogP contribution in [-0.2, 0) is 21.2 Å². The number of sulfonamides is 1. The van der Waals surface area contributed by atoms with Crippen LogP contribution in [0, 0.1) is 5.92 Å². The van der Waals surface area contributed by atoms with Gasteiger partial charge in [0.25, 0.3) is 0 Å². The number of rotatable bonds is 6. The lowest BCUT2D eigenvalue weighted by molar-refractivity contribution is -0.133. The van der Waals surface area contributed by atoms with Gasteiger partial charge >= 0.3 is 0 Å². The summed E-state index contributed by atoms with van der Waals surface area (Å²) in [7, 11) is -1.87. The number of carbonyl (C=O) groups excluding carboxylic acids is 1. The monoisotopic (exact) mass is 382 g/mol. The Bertz CT molecular complexity index is 727. The van der Waals surface area contributed by atoms with Crippen LogP contribution in [0.1, 0.15) is 32.3 Å². The maximum Gasteiger partial charge on any atom is 0.244 e. The first kappa shape index (κ1) is 18.7. The molecule has 5 nitrogen and oxygen atoms in total. The molecule has 3 rings (SSSR count).